The maximum atomic E-state index is 12.2. The Labute approximate surface area is 163 Å². The molecule has 3 rings (SSSR count). The number of furan rings is 1. The van der Waals surface area contributed by atoms with Crippen LogP contribution in [0.25, 0.3) is 17.0 Å². The number of nitrogens with one attached hydrogen (secondary N) is 1. The summed E-state index contributed by atoms with van der Waals surface area (Å²) in [6.45, 7) is 0.297. The van der Waals surface area contributed by atoms with Crippen molar-refractivity contribution in [2.24, 2.45) is 0 Å². The minimum atomic E-state index is -0.370. The molecule has 0 radical (unpaired) electrons. The first-order valence-corrected chi connectivity index (χ1v) is 8.83. The smallest absolute Gasteiger partial charge is 0.244 e. The highest BCUT2D eigenvalue weighted by molar-refractivity contribution is 5.91. The Hall–Kier alpha value is -3.25. The number of ether oxygens (including phenoxy) is 3. The minimum absolute atomic E-state index is 0.229. The quantitative estimate of drug-likeness (QED) is 0.598. The second kappa shape index (κ2) is 9.10. The fourth-order valence-electron chi connectivity index (χ4n) is 2.84. The van der Waals surface area contributed by atoms with Gasteiger partial charge in [0.2, 0.25) is 5.91 Å². The van der Waals surface area contributed by atoms with Gasteiger partial charge in [-0.2, -0.15) is 0 Å². The molecule has 0 saturated carbocycles. The lowest BCUT2D eigenvalue weighted by molar-refractivity contribution is -0.117. The summed E-state index contributed by atoms with van der Waals surface area (Å²) >= 11 is 0. The van der Waals surface area contributed by atoms with E-state index < -0.39 is 0 Å². The van der Waals surface area contributed by atoms with Crippen LogP contribution in [0, 0.1) is 0 Å². The summed E-state index contributed by atoms with van der Waals surface area (Å²) in [4.78, 5) is 12.2. The van der Waals surface area contributed by atoms with Crippen LogP contribution in [0.3, 0.4) is 0 Å². The average Bonchev–Trinajstić information content (AvgIpc) is 3.16. The molecular weight excluding hydrogens is 358 g/mol. The summed E-state index contributed by atoms with van der Waals surface area (Å²) in [6.07, 6.45) is 2.80. The normalized spacial score (nSPS) is 12.2. The zero-order valence-corrected chi connectivity index (χ0v) is 16.1. The van der Waals surface area contributed by atoms with E-state index in [0.717, 1.165) is 16.5 Å². The Morgan fingerprint density at radius 3 is 2.57 bits per heavy atom. The van der Waals surface area contributed by atoms with Gasteiger partial charge in [0.25, 0.3) is 0 Å². The molecule has 1 amide bonds. The van der Waals surface area contributed by atoms with Crippen molar-refractivity contribution >= 4 is 23.0 Å². The fraction of sp³-hybridized carbons (Fsp3) is 0.227. The van der Waals surface area contributed by atoms with Gasteiger partial charge in [-0.25, -0.2) is 0 Å². The molecule has 2 aromatic carbocycles. The first kappa shape index (κ1) is 19.5. The van der Waals surface area contributed by atoms with Crippen molar-refractivity contribution in [3.05, 3.63) is 65.9 Å². The molecule has 0 aliphatic heterocycles. The number of rotatable bonds is 8. The highest BCUT2D eigenvalue weighted by Crippen LogP contribution is 2.28. The van der Waals surface area contributed by atoms with Gasteiger partial charge in [0.1, 0.15) is 17.4 Å². The molecule has 1 N–H and O–H groups in total. The second-order valence-electron chi connectivity index (χ2n) is 6.10. The van der Waals surface area contributed by atoms with Crippen LogP contribution in [0.1, 0.15) is 17.4 Å². The molecule has 0 fully saturated rings. The van der Waals surface area contributed by atoms with E-state index in [9.17, 15) is 4.79 Å². The van der Waals surface area contributed by atoms with Crippen LogP contribution >= 0.6 is 0 Å². The van der Waals surface area contributed by atoms with Crippen LogP contribution in [0.4, 0.5) is 0 Å². The topological polar surface area (TPSA) is 69.9 Å². The molecular formula is C22H23NO5. The first-order chi connectivity index (χ1) is 13.6. The van der Waals surface area contributed by atoms with Crippen molar-refractivity contribution in [3.8, 4) is 11.5 Å². The SMILES string of the molecule is COc1ccc(/C=C/C(=O)NC[C@H](OC)c2cc3ccccc3o2)cc1OC. The molecule has 0 spiro atoms. The number of hydrogen-bond acceptors (Lipinski definition) is 5. The van der Waals surface area contributed by atoms with Gasteiger partial charge < -0.3 is 23.9 Å². The van der Waals surface area contributed by atoms with Gasteiger partial charge in [-0.1, -0.05) is 24.3 Å². The Kier molecular flexibility index (Phi) is 6.34. The highest BCUT2D eigenvalue weighted by Gasteiger charge is 2.16. The molecule has 1 atom stereocenters. The third kappa shape index (κ3) is 4.53. The molecule has 3 aromatic rings. The van der Waals surface area contributed by atoms with Crippen LogP contribution in [0.5, 0.6) is 11.5 Å². The number of carbonyl (C=O) groups is 1. The van der Waals surface area contributed by atoms with Crippen molar-refractivity contribution in [1.29, 1.82) is 0 Å². The standard InChI is InChI=1S/C22H23NO5/c1-25-18-10-8-15(12-19(18)26-2)9-11-22(24)23-14-21(27-3)20-13-16-6-4-5-7-17(16)28-20/h4-13,21H,14H2,1-3H3,(H,23,24)/b11-9+/t21-/m0/s1. The Morgan fingerprint density at radius 1 is 1.07 bits per heavy atom. The van der Waals surface area contributed by atoms with Crippen molar-refractivity contribution in [3.63, 3.8) is 0 Å². The van der Waals surface area contributed by atoms with E-state index in [4.69, 9.17) is 18.6 Å². The van der Waals surface area contributed by atoms with E-state index in [-0.39, 0.29) is 12.0 Å². The van der Waals surface area contributed by atoms with Gasteiger partial charge in [-0.3, -0.25) is 4.79 Å². The summed E-state index contributed by atoms with van der Waals surface area (Å²) in [5, 5.41) is 3.83. The lowest BCUT2D eigenvalue weighted by atomic mass is 10.2. The maximum Gasteiger partial charge on any atom is 0.244 e. The molecule has 0 bridgehead atoms. The molecule has 1 heterocycles. The number of benzene rings is 2. The Morgan fingerprint density at radius 2 is 1.86 bits per heavy atom. The molecule has 0 aliphatic carbocycles. The van der Waals surface area contributed by atoms with Gasteiger partial charge >= 0.3 is 0 Å². The number of para-hydroxylation sites is 1. The molecule has 0 aliphatic rings. The number of hydrogen-bond donors (Lipinski definition) is 1. The van der Waals surface area contributed by atoms with E-state index >= 15 is 0 Å². The number of amides is 1. The van der Waals surface area contributed by atoms with Crippen LogP contribution in [-0.2, 0) is 9.53 Å². The summed E-state index contributed by atoms with van der Waals surface area (Å²) < 4.78 is 21.8. The van der Waals surface area contributed by atoms with Crippen molar-refractivity contribution < 1.29 is 23.4 Å². The Balaban J connectivity index is 1.61. The zero-order chi connectivity index (χ0) is 19.9. The molecule has 1 aromatic heterocycles. The number of carbonyl (C=O) groups excluding carboxylic acids is 1. The zero-order valence-electron chi connectivity index (χ0n) is 16.1. The lowest BCUT2D eigenvalue weighted by Crippen LogP contribution is -2.27. The van der Waals surface area contributed by atoms with Gasteiger partial charge in [0.05, 0.1) is 20.8 Å². The molecule has 28 heavy (non-hydrogen) atoms. The van der Waals surface area contributed by atoms with Gasteiger partial charge in [0.15, 0.2) is 11.5 Å². The second-order valence-corrected chi connectivity index (χ2v) is 6.10. The maximum absolute atomic E-state index is 12.2. The van der Waals surface area contributed by atoms with E-state index in [2.05, 4.69) is 5.32 Å². The van der Waals surface area contributed by atoms with Crippen LogP contribution < -0.4 is 14.8 Å². The van der Waals surface area contributed by atoms with E-state index in [1.807, 2.05) is 36.4 Å². The van der Waals surface area contributed by atoms with E-state index in [0.29, 0.717) is 23.8 Å². The molecule has 0 unspecified atom stereocenters. The molecule has 6 heteroatoms. The molecule has 0 saturated heterocycles. The lowest BCUT2D eigenvalue weighted by Gasteiger charge is -2.12. The number of fused-ring (bicyclic) bond motifs is 1. The summed E-state index contributed by atoms with van der Waals surface area (Å²) in [5.41, 5.74) is 1.62. The predicted molar refractivity (Wildman–Crippen MR) is 108 cm³/mol. The third-order valence-electron chi connectivity index (χ3n) is 4.34. The van der Waals surface area contributed by atoms with Crippen LogP contribution in [0.2, 0.25) is 0 Å². The fourth-order valence-corrected chi connectivity index (χ4v) is 2.84. The van der Waals surface area contributed by atoms with E-state index in [1.165, 1.54) is 6.08 Å². The van der Waals surface area contributed by atoms with E-state index in [1.54, 1.807) is 39.5 Å². The van der Waals surface area contributed by atoms with Crippen molar-refractivity contribution in [2.75, 3.05) is 27.9 Å². The molecule has 6 nitrogen and oxygen atoms in total. The summed E-state index contributed by atoms with van der Waals surface area (Å²) in [6, 6.07) is 15.1. The molecule has 146 valence electrons. The van der Waals surface area contributed by atoms with Crippen molar-refractivity contribution in [1.82, 2.24) is 5.32 Å². The van der Waals surface area contributed by atoms with Crippen LogP contribution in [0.15, 0.2) is 59.0 Å². The third-order valence-corrected chi connectivity index (χ3v) is 4.34. The summed E-state index contributed by atoms with van der Waals surface area (Å²) in [5.74, 6) is 1.69. The van der Waals surface area contributed by atoms with Gasteiger partial charge in [-0.05, 0) is 35.9 Å². The van der Waals surface area contributed by atoms with Crippen molar-refractivity contribution in [2.45, 2.75) is 6.10 Å². The van der Waals surface area contributed by atoms with Gasteiger partial charge in [-0.15, -0.1) is 0 Å². The number of methoxy groups -OCH3 is 3. The monoisotopic (exact) mass is 381 g/mol. The average molecular weight is 381 g/mol. The van der Waals surface area contributed by atoms with Crippen LogP contribution in [-0.4, -0.2) is 33.8 Å². The summed E-state index contributed by atoms with van der Waals surface area (Å²) in [7, 11) is 4.74. The largest absolute Gasteiger partial charge is 0.493 e. The minimum Gasteiger partial charge on any atom is -0.493 e. The predicted octanol–water partition coefficient (Wildman–Crippen LogP) is 3.97. The van der Waals surface area contributed by atoms with Gasteiger partial charge in [0, 0.05) is 18.6 Å². The highest BCUT2D eigenvalue weighted by atomic mass is 16.5. The first-order valence-electron chi connectivity index (χ1n) is 8.83. The Bertz CT molecular complexity index is 943.